The molecule has 10 heteroatoms. The zero-order valence-electron chi connectivity index (χ0n) is 19.8. The van der Waals surface area contributed by atoms with Crippen LogP contribution in [0.15, 0.2) is 48.5 Å². The van der Waals surface area contributed by atoms with Crippen LogP contribution < -0.4 is 4.90 Å². The molecule has 0 aromatic heterocycles. The Morgan fingerprint density at radius 3 is 1.79 bits per heavy atom. The van der Waals surface area contributed by atoms with Gasteiger partial charge >= 0.3 is 33.0 Å². The number of hydrogen-bond acceptors (Lipinski definition) is 2. The summed E-state index contributed by atoms with van der Waals surface area (Å²) in [5.74, 6) is 0.971. The van der Waals surface area contributed by atoms with Gasteiger partial charge in [-0.15, -0.1) is 0 Å². The number of rotatable bonds is 7. The molecule has 1 aliphatic rings. The van der Waals surface area contributed by atoms with Crippen LogP contribution in [0.2, 0.25) is 0 Å². The molecular weight excluding hydrogens is 477 g/mol. The van der Waals surface area contributed by atoms with Gasteiger partial charge < -0.3 is 5.11 Å². The Morgan fingerprint density at radius 1 is 0.853 bits per heavy atom. The number of aliphatic hydroxyl groups is 1. The molecule has 3 rings (SSSR count). The topological polar surface area (TPSA) is 26.5 Å². The number of aliphatic hydroxyl groups excluding tert-OH is 1. The zero-order chi connectivity index (χ0) is 25.8. The molecule has 1 N–H and O–H groups in total. The fourth-order valence-corrected chi connectivity index (χ4v) is 3.98. The van der Waals surface area contributed by atoms with Crippen molar-refractivity contribution in [2.75, 3.05) is 24.6 Å². The number of para-hydroxylation sites is 1. The van der Waals surface area contributed by atoms with Gasteiger partial charge in [-0.25, -0.2) is 4.90 Å². The molecule has 0 fully saturated rings. The fourth-order valence-electron chi connectivity index (χ4n) is 3.98. The molecule has 0 saturated heterocycles. The van der Waals surface area contributed by atoms with Crippen LogP contribution in [-0.4, -0.2) is 41.8 Å². The van der Waals surface area contributed by atoms with Crippen LogP contribution in [0, 0.1) is 0 Å². The Hall–Kier alpha value is -2.12. The standard InChI is InChI=1S/C24H33N2O.F6P/c1-18(2)22-11-8-12-23(19(3)4)24(22)26-14-13-25(17-26)21(16-27)15-20-9-6-5-7-10-20;1-7(2,3,4,5)6/h5-12,17-19,21,27H,13-16H2,1-4H3;/q+1;-1. The summed E-state index contributed by atoms with van der Waals surface area (Å²) in [7, 11) is -10.7. The van der Waals surface area contributed by atoms with Crippen molar-refractivity contribution in [2.24, 2.45) is 0 Å². The number of halogens is 6. The van der Waals surface area contributed by atoms with Crippen molar-refractivity contribution in [3.8, 4) is 0 Å². The molecule has 1 unspecified atom stereocenters. The maximum atomic E-state index is 10.0. The molecule has 1 atom stereocenters. The first kappa shape index (κ1) is 28.1. The van der Waals surface area contributed by atoms with Gasteiger partial charge in [-0.05, 0) is 17.4 Å². The first-order valence-corrected chi connectivity index (χ1v) is 13.2. The molecule has 1 heterocycles. The van der Waals surface area contributed by atoms with Crippen molar-refractivity contribution < 1.29 is 34.9 Å². The molecule has 0 bridgehead atoms. The second-order valence-electron chi connectivity index (χ2n) is 9.13. The summed E-state index contributed by atoms with van der Waals surface area (Å²) in [6, 6.07) is 17.3. The molecule has 0 aliphatic carbocycles. The monoisotopic (exact) mass is 510 g/mol. The van der Waals surface area contributed by atoms with Gasteiger partial charge in [-0.1, -0.05) is 76.2 Å². The average Bonchev–Trinajstić information content (AvgIpc) is 3.19. The molecule has 34 heavy (non-hydrogen) atoms. The molecule has 0 saturated carbocycles. The molecule has 1 aliphatic heterocycles. The predicted octanol–water partition coefficient (Wildman–Crippen LogP) is 7.78. The Balaban J connectivity index is 0.000000509. The van der Waals surface area contributed by atoms with Crippen LogP contribution in [0.1, 0.15) is 56.2 Å². The van der Waals surface area contributed by atoms with Crippen molar-refractivity contribution >= 4 is 19.8 Å². The van der Waals surface area contributed by atoms with Gasteiger partial charge in [0.2, 0.25) is 6.34 Å². The van der Waals surface area contributed by atoms with E-state index in [9.17, 15) is 30.3 Å². The minimum atomic E-state index is -10.7. The van der Waals surface area contributed by atoms with Crippen molar-refractivity contribution in [1.29, 1.82) is 0 Å². The third kappa shape index (κ3) is 9.63. The van der Waals surface area contributed by atoms with Crippen LogP contribution >= 0.6 is 7.81 Å². The third-order valence-electron chi connectivity index (χ3n) is 5.51. The van der Waals surface area contributed by atoms with E-state index in [2.05, 4.69) is 86.0 Å². The normalized spacial score (nSPS) is 17.1. The molecule has 0 amide bonds. The van der Waals surface area contributed by atoms with Crippen LogP contribution in [0.25, 0.3) is 0 Å². The molecule has 192 valence electrons. The van der Waals surface area contributed by atoms with Crippen molar-refractivity contribution in [3.63, 3.8) is 0 Å². The van der Waals surface area contributed by atoms with Crippen molar-refractivity contribution in [3.05, 3.63) is 65.2 Å². The van der Waals surface area contributed by atoms with E-state index >= 15 is 0 Å². The SMILES string of the molecule is CC(C)c1cccc(C(C)C)c1N1C=[N+](C(CO)Cc2ccccc2)CC1.F[P-](F)(F)(F)(F)F. The summed E-state index contributed by atoms with van der Waals surface area (Å²) < 4.78 is 61.5. The first-order chi connectivity index (χ1) is 15.5. The maximum absolute atomic E-state index is 10.7. The number of nitrogens with zero attached hydrogens (tertiary/aromatic N) is 2. The van der Waals surface area contributed by atoms with E-state index in [0.717, 1.165) is 19.5 Å². The summed E-state index contributed by atoms with van der Waals surface area (Å²) in [5.41, 5.74) is 5.45. The van der Waals surface area contributed by atoms with Gasteiger partial charge in [0.05, 0.1) is 6.61 Å². The van der Waals surface area contributed by atoms with Gasteiger partial charge in [0.1, 0.15) is 24.8 Å². The van der Waals surface area contributed by atoms with E-state index in [0.29, 0.717) is 11.8 Å². The summed E-state index contributed by atoms with van der Waals surface area (Å²) in [5, 5.41) is 10.0. The van der Waals surface area contributed by atoms with Gasteiger partial charge in [-0.2, -0.15) is 0 Å². The summed E-state index contributed by atoms with van der Waals surface area (Å²) >= 11 is 0. The van der Waals surface area contributed by atoms with Crippen LogP contribution in [-0.2, 0) is 6.42 Å². The van der Waals surface area contributed by atoms with Crippen LogP contribution in [0.5, 0.6) is 0 Å². The summed E-state index contributed by atoms with van der Waals surface area (Å²) in [4.78, 5) is 2.40. The third-order valence-corrected chi connectivity index (χ3v) is 5.51. The Morgan fingerprint density at radius 2 is 1.35 bits per heavy atom. The van der Waals surface area contributed by atoms with E-state index in [1.807, 2.05) is 6.07 Å². The number of anilines is 1. The molecule has 3 nitrogen and oxygen atoms in total. The second kappa shape index (κ2) is 9.86. The summed E-state index contributed by atoms with van der Waals surface area (Å²) in [6.07, 6.45) is 3.10. The number of benzene rings is 2. The van der Waals surface area contributed by atoms with Crippen molar-refractivity contribution in [1.82, 2.24) is 0 Å². The van der Waals surface area contributed by atoms with Gasteiger partial charge in [0.15, 0.2) is 0 Å². The predicted molar refractivity (Wildman–Crippen MR) is 128 cm³/mol. The molecule has 2 aromatic carbocycles. The Bertz CT molecular complexity index is 955. The summed E-state index contributed by atoms with van der Waals surface area (Å²) in [6.45, 7) is 11.1. The van der Waals surface area contributed by atoms with Gasteiger partial charge in [-0.3, -0.25) is 4.58 Å². The van der Waals surface area contributed by atoms with E-state index in [1.165, 1.54) is 22.4 Å². The van der Waals surface area contributed by atoms with Gasteiger partial charge in [0, 0.05) is 17.5 Å². The van der Waals surface area contributed by atoms with E-state index in [1.54, 1.807) is 0 Å². The van der Waals surface area contributed by atoms with Crippen LogP contribution in [0.3, 0.4) is 0 Å². The van der Waals surface area contributed by atoms with E-state index < -0.39 is 7.81 Å². The van der Waals surface area contributed by atoms with Gasteiger partial charge in [0.25, 0.3) is 0 Å². The van der Waals surface area contributed by atoms with Crippen molar-refractivity contribution in [2.45, 2.75) is 52.0 Å². The molecule has 0 radical (unpaired) electrons. The minimum absolute atomic E-state index is 0.117. The Kier molecular flexibility index (Phi) is 8.15. The first-order valence-electron chi connectivity index (χ1n) is 11.2. The average molecular weight is 511 g/mol. The molecular formula is C24H33F6N2OP. The second-order valence-corrected chi connectivity index (χ2v) is 11.0. The molecule has 2 aromatic rings. The van der Waals surface area contributed by atoms with E-state index in [4.69, 9.17) is 0 Å². The molecule has 0 spiro atoms. The Labute approximate surface area is 197 Å². The van der Waals surface area contributed by atoms with E-state index in [-0.39, 0.29) is 12.6 Å². The zero-order valence-corrected chi connectivity index (χ0v) is 20.7. The number of hydrogen-bond donors (Lipinski definition) is 1. The quantitative estimate of drug-likeness (QED) is 0.234. The fraction of sp³-hybridized carbons (Fsp3) is 0.458. The van der Waals surface area contributed by atoms with Crippen LogP contribution in [0.4, 0.5) is 30.9 Å².